The van der Waals surface area contributed by atoms with E-state index in [2.05, 4.69) is 5.10 Å². The molecule has 2 aromatic rings. The van der Waals surface area contributed by atoms with Gasteiger partial charge in [-0.1, -0.05) is 0 Å². The lowest BCUT2D eigenvalue weighted by molar-refractivity contribution is 0.598. The molecule has 0 atom stereocenters. The predicted octanol–water partition coefficient (Wildman–Crippen LogP) is 1.03. The standard InChI is InChI=1S/C12H16N4O2S/c1-7-8(2)15-16(9(7)3)12-5-4-10(6-11(12)13)19(14,17)18/h4-6H,13H2,1-3H3,(H2,14,17,18). The van der Waals surface area contributed by atoms with Crippen molar-refractivity contribution in [3.05, 3.63) is 35.2 Å². The molecule has 2 rings (SSSR count). The van der Waals surface area contributed by atoms with Gasteiger partial charge in [-0.25, -0.2) is 18.2 Å². The summed E-state index contributed by atoms with van der Waals surface area (Å²) in [5.74, 6) is 0. The number of hydrogen-bond donors (Lipinski definition) is 2. The number of primary sulfonamides is 1. The van der Waals surface area contributed by atoms with E-state index in [9.17, 15) is 8.42 Å². The van der Waals surface area contributed by atoms with Gasteiger partial charge in [0.05, 0.1) is 22.0 Å². The molecule has 0 radical (unpaired) electrons. The Kier molecular flexibility index (Phi) is 3.11. The number of nitrogens with two attached hydrogens (primary N) is 2. The summed E-state index contributed by atoms with van der Waals surface area (Å²) >= 11 is 0. The zero-order valence-electron chi connectivity index (χ0n) is 11.0. The van der Waals surface area contributed by atoms with Crippen molar-refractivity contribution in [2.45, 2.75) is 25.7 Å². The summed E-state index contributed by atoms with van der Waals surface area (Å²) in [6, 6.07) is 4.37. The Hall–Kier alpha value is -1.86. The molecule has 0 amide bonds. The molecule has 1 heterocycles. The van der Waals surface area contributed by atoms with Gasteiger partial charge in [-0.2, -0.15) is 5.10 Å². The second kappa shape index (κ2) is 4.36. The maximum atomic E-state index is 11.3. The highest BCUT2D eigenvalue weighted by molar-refractivity contribution is 7.89. The Morgan fingerprint density at radius 1 is 1.21 bits per heavy atom. The van der Waals surface area contributed by atoms with E-state index in [4.69, 9.17) is 10.9 Å². The first-order valence-corrected chi connectivity index (χ1v) is 7.22. The summed E-state index contributed by atoms with van der Waals surface area (Å²) in [6.07, 6.45) is 0. The number of hydrogen-bond acceptors (Lipinski definition) is 4. The number of aromatic nitrogens is 2. The minimum atomic E-state index is -3.75. The van der Waals surface area contributed by atoms with E-state index in [1.165, 1.54) is 12.1 Å². The van der Waals surface area contributed by atoms with Crippen LogP contribution in [0.5, 0.6) is 0 Å². The third-order valence-corrected chi connectivity index (χ3v) is 4.12. The largest absolute Gasteiger partial charge is 0.397 e. The first-order valence-electron chi connectivity index (χ1n) is 5.67. The monoisotopic (exact) mass is 280 g/mol. The van der Waals surface area contributed by atoms with E-state index in [0.717, 1.165) is 17.0 Å². The fraction of sp³-hybridized carbons (Fsp3) is 0.250. The van der Waals surface area contributed by atoms with Crippen molar-refractivity contribution in [3.8, 4) is 5.69 Å². The molecule has 7 heteroatoms. The van der Waals surface area contributed by atoms with E-state index in [0.29, 0.717) is 11.4 Å². The molecule has 0 aliphatic heterocycles. The van der Waals surface area contributed by atoms with Crippen LogP contribution in [-0.2, 0) is 10.0 Å². The summed E-state index contributed by atoms with van der Waals surface area (Å²) in [7, 11) is -3.75. The predicted molar refractivity (Wildman–Crippen MR) is 73.6 cm³/mol. The number of benzene rings is 1. The van der Waals surface area contributed by atoms with Gasteiger partial charge in [0, 0.05) is 5.69 Å². The molecule has 0 fully saturated rings. The number of sulfonamides is 1. The highest BCUT2D eigenvalue weighted by atomic mass is 32.2. The maximum Gasteiger partial charge on any atom is 0.238 e. The maximum absolute atomic E-state index is 11.3. The van der Waals surface area contributed by atoms with Crippen molar-refractivity contribution < 1.29 is 8.42 Å². The van der Waals surface area contributed by atoms with Crippen LogP contribution >= 0.6 is 0 Å². The summed E-state index contributed by atoms with van der Waals surface area (Å²) < 4.78 is 24.2. The summed E-state index contributed by atoms with van der Waals surface area (Å²) in [5, 5.41) is 9.46. The second-order valence-corrected chi connectivity index (χ2v) is 6.03. The van der Waals surface area contributed by atoms with Gasteiger partial charge in [-0.05, 0) is 44.5 Å². The molecule has 0 saturated heterocycles. The van der Waals surface area contributed by atoms with E-state index >= 15 is 0 Å². The van der Waals surface area contributed by atoms with Gasteiger partial charge in [0.1, 0.15) is 0 Å². The number of nitrogen functional groups attached to an aromatic ring is 1. The molecule has 0 unspecified atom stereocenters. The topological polar surface area (TPSA) is 104 Å². The SMILES string of the molecule is Cc1nn(-c2ccc(S(N)(=O)=O)cc2N)c(C)c1C. The average molecular weight is 280 g/mol. The molecule has 0 aliphatic carbocycles. The molecule has 4 N–H and O–H groups in total. The number of aryl methyl sites for hydroxylation is 1. The smallest absolute Gasteiger partial charge is 0.238 e. The summed E-state index contributed by atoms with van der Waals surface area (Å²) in [6.45, 7) is 5.82. The van der Waals surface area contributed by atoms with Gasteiger partial charge < -0.3 is 5.73 Å². The Labute approximate surface area is 112 Å². The third-order valence-electron chi connectivity index (χ3n) is 3.21. The third kappa shape index (κ3) is 2.34. The van der Waals surface area contributed by atoms with Crippen LogP contribution in [0.2, 0.25) is 0 Å². The second-order valence-electron chi connectivity index (χ2n) is 4.47. The van der Waals surface area contributed by atoms with Crippen LogP contribution in [0.15, 0.2) is 23.1 Å². The van der Waals surface area contributed by atoms with Crippen molar-refractivity contribution in [2.75, 3.05) is 5.73 Å². The van der Waals surface area contributed by atoms with Gasteiger partial charge in [0.15, 0.2) is 0 Å². The van der Waals surface area contributed by atoms with Crippen LogP contribution in [0.4, 0.5) is 5.69 Å². The zero-order chi connectivity index (χ0) is 14.4. The minimum absolute atomic E-state index is 0.00740. The lowest BCUT2D eigenvalue weighted by Crippen LogP contribution is -2.13. The molecular weight excluding hydrogens is 264 g/mol. The van der Waals surface area contributed by atoms with E-state index in [-0.39, 0.29) is 4.90 Å². The molecule has 1 aromatic heterocycles. The van der Waals surface area contributed by atoms with E-state index in [1.54, 1.807) is 10.7 Å². The number of rotatable bonds is 2. The average Bonchev–Trinajstić information content (AvgIpc) is 2.56. The first kappa shape index (κ1) is 13.6. The molecule has 6 nitrogen and oxygen atoms in total. The molecule has 0 aliphatic rings. The van der Waals surface area contributed by atoms with E-state index < -0.39 is 10.0 Å². The van der Waals surface area contributed by atoms with Gasteiger partial charge in [0.25, 0.3) is 0 Å². The van der Waals surface area contributed by atoms with Gasteiger partial charge in [-0.15, -0.1) is 0 Å². The molecule has 0 bridgehead atoms. The van der Waals surface area contributed by atoms with Crippen LogP contribution in [0.25, 0.3) is 5.69 Å². The van der Waals surface area contributed by atoms with Crippen molar-refractivity contribution >= 4 is 15.7 Å². The van der Waals surface area contributed by atoms with Gasteiger partial charge >= 0.3 is 0 Å². The van der Waals surface area contributed by atoms with Crippen molar-refractivity contribution in [2.24, 2.45) is 5.14 Å². The number of nitrogens with zero attached hydrogens (tertiary/aromatic N) is 2. The Morgan fingerprint density at radius 2 is 1.84 bits per heavy atom. The van der Waals surface area contributed by atoms with Gasteiger partial charge in [0.2, 0.25) is 10.0 Å². The number of anilines is 1. The summed E-state index contributed by atoms with van der Waals surface area (Å²) in [4.78, 5) is -0.00740. The highest BCUT2D eigenvalue weighted by Gasteiger charge is 2.14. The Bertz CT molecular complexity index is 747. The lowest BCUT2D eigenvalue weighted by atomic mass is 10.2. The quantitative estimate of drug-likeness (QED) is 0.801. The van der Waals surface area contributed by atoms with Crippen LogP contribution in [0.3, 0.4) is 0 Å². The van der Waals surface area contributed by atoms with Crippen LogP contribution in [0.1, 0.15) is 17.0 Å². The molecule has 0 spiro atoms. The lowest BCUT2D eigenvalue weighted by Gasteiger charge is -2.09. The normalized spacial score (nSPS) is 11.8. The van der Waals surface area contributed by atoms with Crippen molar-refractivity contribution in [1.82, 2.24) is 9.78 Å². The molecule has 19 heavy (non-hydrogen) atoms. The van der Waals surface area contributed by atoms with Crippen LogP contribution < -0.4 is 10.9 Å². The Balaban J connectivity index is 2.62. The molecule has 0 saturated carbocycles. The fourth-order valence-electron chi connectivity index (χ4n) is 1.86. The Morgan fingerprint density at radius 3 is 2.26 bits per heavy atom. The van der Waals surface area contributed by atoms with Crippen LogP contribution in [0, 0.1) is 20.8 Å². The highest BCUT2D eigenvalue weighted by Crippen LogP contribution is 2.24. The fourth-order valence-corrected chi connectivity index (χ4v) is 2.41. The van der Waals surface area contributed by atoms with E-state index in [1.807, 2.05) is 20.8 Å². The van der Waals surface area contributed by atoms with Gasteiger partial charge in [-0.3, -0.25) is 0 Å². The zero-order valence-corrected chi connectivity index (χ0v) is 11.8. The van der Waals surface area contributed by atoms with Crippen LogP contribution in [-0.4, -0.2) is 18.2 Å². The summed E-state index contributed by atoms with van der Waals surface area (Å²) in [5.41, 5.74) is 9.81. The minimum Gasteiger partial charge on any atom is -0.397 e. The van der Waals surface area contributed by atoms with Crippen molar-refractivity contribution in [1.29, 1.82) is 0 Å². The first-order chi connectivity index (χ1) is 8.71. The molecular formula is C12H16N4O2S. The molecule has 102 valence electrons. The van der Waals surface area contributed by atoms with Crippen molar-refractivity contribution in [3.63, 3.8) is 0 Å². The molecule has 1 aromatic carbocycles.